The largest absolute Gasteiger partial charge is 0.467 e. The molecule has 2 aromatic rings. The van der Waals surface area contributed by atoms with Gasteiger partial charge in [-0.3, -0.25) is 4.79 Å². The predicted octanol–water partition coefficient (Wildman–Crippen LogP) is 3.65. The first kappa shape index (κ1) is 13.3. The molecule has 1 aromatic carbocycles. The number of halogens is 1. The Morgan fingerprint density at radius 1 is 1.37 bits per heavy atom. The second-order valence-corrected chi connectivity index (χ2v) is 4.32. The highest BCUT2D eigenvalue weighted by atomic mass is 19.1. The van der Waals surface area contributed by atoms with Gasteiger partial charge in [-0.15, -0.1) is 0 Å². The van der Waals surface area contributed by atoms with Crippen LogP contribution in [0.25, 0.3) is 0 Å². The molecule has 0 radical (unpaired) electrons. The van der Waals surface area contributed by atoms with E-state index in [0.717, 1.165) is 5.76 Å². The maximum absolute atomic E-state index is 14.1. The Morgan fingerprint density at radius 2 is 2.16 bits per heavy atom. The summed E-state index contributed by atoms with van der Waals surface area (Å²) in [5.74, 6) is 0.248. The Bertz CT molecular complexity index is 564. The van der Waals surface area contributed by atoms with Crippen LogP contribution in [0.4, 0.5) is 10.1 Å². The Hall–Kier alpha value is -2.10. The zero-order chi connectivity index (χ0) is 13.8. The highest BCUT2D eigenvalue weighted by Crippen LogP contribution is 2.22. The molecule has 0 bridgehead atoms. The van der Waals surface area contributed by atoms with Crippen molar-refractivity contribution in [2.24, 2.45) is 0 Å². The standard InChI is InChI=1S/C15H16FNO2/c1-3-17(10-13-5-4-8-19-13)15-7-6-12(11(2)18)9-14(15)16/h4-9H,3,10H2,1-2H3. The number of carbonyl (C=O) groups excluding carboxylic acids is 1. The van der Waals surface area contributed by atoms with E-state index in [1.807, 2.05) is 17.9 Å². The Morgan fingerprint density at radius 3 is 2.68 bits per heavy atom. The third-order valence-corrected chi connectivity index (χ3v) is 3.00. The van der Waals surface area contributed by atoms with Crippen LogP contribution in [0, 0.1) is 5.82 Å². The summed E-state index contributed by atoms with van der Waals surface area (Å²) < 4.78 is 19.3. The van der Waals surface area contributed by atoms with Gasteiger partial charge in [0.25, 0.3) is 0 Å². The number of carbonyl (C=O) groups is 1. The smallest absolute Gasteiger partial charge is 0.159 e. The summed E-state index contributed by atoms with van der Waals surface area (Å²) in [4.78, 5) is 13.1. The SMILES string of the molecule is CCN(Cc1ccco1)c1ccc(C(C)=O)cc1F. The summed E-state index contributed by atoms with van der Waals surface area (Å²) in [6.07, 6.45) is 1.60. The van der Waals surface area contributed by atoms with Crippen LogP contribution < -0.4 is 4.90 Å². The molecule has 0 aliphatic rings. The van der Waals surface area contributed by atoms with Crippen molar-refractivity contribution in [2.75, 3.05) is 11.4 Å². The molecule has 19 heavy (non-hydrogen) atoms. The molecular weight excluding hydrogens is 245 g/mol. The minimum Gasteiger partial charge on any atom is -0.467 e. The number of hydrogen-bond donors (Lipinski definition) is 0. The number of furan rings is 1. The number of ketones is 1. The number of rotatable bonds is 5. The molecule has 0 spiro atoms. The summed E-state index contributed by atoms with van der Waals surface area (Å²) >= 11 is 0. The topological polar surface area (TPSA) is 33.5 Å². The number of benzene rings is 1. The first-order chi connectivity index (χ1) is 9.11. The molecule has 0 fully saturated rings. The fourth-order valence-corrected chi connectivity index (χ4v) is 1.94. The van der Waals surface area contributed by atoms with E-state index >= 15 is 0 Å². The van der Waals surface area contributed by atoms with Gasteiger partial charge in [0.2, 0.25) is 0 Å². The minimum absolute atomic E-state index is 0.139. The normalized spacial score (nSPS) is 10.5. The third-order valence-electron chi connectivity index (χ3n) is 3.00. The lowest BCUT2D eigenvalue weighted by atomic mass is 10.1. The van der Waals surface area contributed by atoms with Crippen LogP contribution in [-0.2, 0) is 6.54 Å². The van der Waals surface area contributed by atoms with Crippen LogP contribution in [0.2, 0.25) is 0 Å². The molecule has 0 saturated carbocycles. The van der Waals surface area contributed by atoms with Gasteiger partial charge in [-0.25, -0.2) is 4.39 Å². The van der Waals surface area contributed by atoms with Crippen LogP contribution in [0.15, 0.2) is 41.0 Å². The van der Waals surface area contributed by atoms with Gasteiger partial charge in [0.05, 0.1) is 18.5 Å². The lowest BCUT2D eigenvalue weighted by Gasteiger charge is -2.22. The van der Waals surface area contributed by atoms with E-state index in [-0.39, 0.29) is 11.6 Å². The van der Waals surface area contributed by atoms with Crippen LogP contribution in [0.3, 0.4) is 0 Å². The monoisotopic (exact) mass is 261 g/mol. The van der Waals surface area contributed by atoms with Crippen molar-refractivity contribution in [1.82, 2.24) is 0 Å². The molecule has 0 aliphatic heterocycles. The third kappa shape index (κ3) is 3.02. The van der Waals surface area contributed by atoms with Crippen molar-refractivity contribution in [3.05, 3.63) is 53.7 Å². The van der Waals surface area contributed by atoms with Gasteiger partial charge in [-0.05, 0) is 44.2 Å². The molecule has 0 aliphatic carbocycles. The van der Waals surface area contributed by atoms with Crippen LogP contribution in [0.5, 0.6) is 0 Å². The summed E-state index contributed by atoms with van der Waals surface area (Å²) in [6, 6.07) is 8.22. The van der Waals surface area contributed by atoms with Gasteiger partial charge >= 0.3 is 0 Å². The van der Waals surface area contributed by atoms with Crippen LogP contribution >= 0.6 is 0 Å². The van der Waals surface area contributed by atoms with E-state index in [1.54, 1.807) is 24.5 Å². The van der Waals surface area contributed by atoms with E-state index in [0.29, 0.717) is 24.3 Å². The number of anilines is 1. The summed E-state index contributed by atoms with van der Waals surface area (Å²) in [5.41, 5.74) is 0.860. The fourth-order valence-electron chi connectivity index (χ4n) is 1.94. The molecule has 0 saturated heterocycles. The van der Waals surface area contributed by atoms with Gasteiger partial charge in [0.1, 0.15) is 11.6 Å². The second kappa shape index (κ2) is 5.69. The Kier molecular flexibility index (Phi) is 4.00. The van der Waals surface area contributed by atoms with E-state index in [2.05, 4.69) is 0 Å². The summed E-state index contributed by atoms with van der Waals surface area (Å²) in [7, 11) is 0. The fraction of sp³-hybridized carbons (Fsp3) is 0.267. The Labute approximate surface area is 111 Å². The molecule has 0 amide bonds. The lowest BCUT2D eigenvalue weighted by molar-refractivity contribution is 0.101. The maximum Gasteiger partial charge on any atom is 0.159 e. The molecular formula is C15H16FNO2. The van der Waals surface area contributed by atoms with Crippen molar-refractivity contribution < 1.29 is 13.6 Å². The highest BCUT2D eigenvalue weighted by Gasteiger charge is 2.13. The van der Waals surface area contributed by atoms with Gasteiger partial charge in [-0.1, -0.05) is 0 Å². The van der Waals surface area contributed by atoms with Crippen LogP contribution in [-0.4, -0.2) is 12.3 Å². The van der Waals surface area contributed by atoms with Gasteiger partial charge in [-0.2, -0.15) is 0 Å². The van der Waals surface area contributed by atoms with E-state index in [1.165, 1.54) is 13.0 Å². The molecule has 0 N–H and O–H groups in total. The molecule has 2 rings (SSSR count). The van der Waals surface area contributed by atoms with Crippen LogP contribution in [0.1, 0.15) is 30.0 Å². The second-order valence-electron chi connectivity index (χ2n) is 4.32. The summed E-state index contributed by atoms with van der Waals surface area (Å²) in [5, 5.41) is 0. The molecule has 0 atom stereocenters. The highest BCUT2D eigenvalue weighted by molar-refractivity contribution is 5.94. The number of Topliss-reactive ketones (excluding diaryl/α,β-unsaturated/α-hetero) is 1. The molecule has 1 aromatic heterocycles. The van der Waals surface area contributed by atoms with Crippen molar-refractivity contribution >= 4 is 11.5 Å². The van der Waals surface area contributed by atoms with E-state index in [9.17, 15) is 9.18 Å². The molecule has 0 unspecified atom stereocenters. The number of nitrogens with zero attached hydrogens (tertiary/aromatic N) is 1. The predicted molar refractivity (Wildman–Crippen MR) is 71.8 cm³/mol. The van der Waals surface area contributed by atoms with E-state index < -0.39 is 0 Å². The van der Waals surface area contributed by atoms with E-state index in [4.69, 9.17) is 4.42 Å². The molecule has 4 heteroatoms. The zero-order valence-electron chi connectivity index (χ0n) is 11.0. The maximum atomic E-state index is 14.1. The molecule has 1 heterocycles. The first-order valence-electron chi connectivity index (χ1n) is 6.19. The average Bonchev–Trinajstić information content (AvgIpc) is 2.89. The number of hydrogen-bond acceptors (Lipinski definition) is 3. The van der Waals surface area contributed by atoms with Gasteiger partial charge < -0.3 is 9.32 Å². The van der Waals surface area contributed by atoms with Gasteiger partial charge in [0, 0.05) is 12.1 Å². The van der Waals surface area contributed by atoms with Crippen molar-refractivity contribution in [3.8, 4) is 0 Å². The van der Waals surface area contributed by atoms with Crippen molar-refractivity contribution in [3.63, 3.8) is 0 Å². The lowest BCUT2D eigenvalue weighted by Crippen LogP contribution is -2.23. The Balaban J connectivity index is 2.25. The summed E-state index contributed by atoms with van der Waals surface area (Å²) in [6.45, 7) is 4.52. The molecule has 3 nitrogen and oxygen atoms in total. The van der Waals surface area contributed by atoms with Crippen molar-refractivity contribution in [1.29, 1.82) is 0 Å². The van der Waals surface area contributed by atoms with Gasteiger partial charge in [0.15, 0.2) is 5.78 Å². The molecule has 100 valence electrons. The minimum atomic E-state index is -0.388. The van der Waals surface area contributed by atoms with Crippen molar-refractivity contribution in [2.45, 2.75) is 20.4 Å². The zero-order valence-corrected chi connectivity index (χ0v) is 11.0. The first-order valence-corrected chi connectivity index (χ1v) is 6.19. The quantitative estimate of drug-likeness (QED) is 0.770. The average molecular weight is 261 g/mol.